The van der Waals surface area contributed by atoms with Gasteiger partial charge in [-0.15, -0.1) is 11.3 Å². The van der Waals surface area contributed by atoms with Crippen LogP contribution < -0.4 is 9.54 Å². The number of hydrogen-bond donors (Lipinski definition) is 0. The molecule has 21 heavy (non-hydrogen) atoms. The van der Waals surface area contributed by atoms with E-state index in [2.05, 4.69) is 9.98 Å². The first-order valence-corrected chi connectivity index (χ1v) is 7.50. The monoisotopic (exact) mass is 305 g/mol. The van der Waals surface area contributed by atoms with Crippen LogP contribution in [0.4, 0.5) is 0 Å². The Morgan fingerprint density at radius 3 is 3.24 bits per heavy atom. The van der Waals surface area contributed by atoms with E-state index in [0.717, 1.165) is 6.42 Å². The van der Waals surface area contributed by atoms with Gasteiger partial charge >= 0.3 is 0 Å². The predicted octanol–water partition coefficient (Wildman–Crippen LogP) is 1.39. The van der Waals surface area contributed by atoms with Gasteiger partial charge in [-0.3, -0.25) is 4.79 Å². The van der Waals surface area contributed by atoms with Crippen LogP contribution >= 0.6 is 11.3 Å². The third-order valence-corrected chi connectivity index (χ3v) is 3.96. The molecule has 1 aliphatic heterocycles. The average molecular weight is 305 g/mol. The molecule has 1 aliphatic rings. The first-order chi connectivity index (χ1) is 10.2. The molecule has 0 aliphatic carbocycles. The molecule has 0 radical (unpaired) electrons. The van der Waals surface area contributed by atoms with E-state index in [4.69, 9.17) is 9.47 Å². The molecule has 1 saturated heterocycles. The van der Waals surface area contributed by atoms with Crippen LogP contribution in [0.2, 0.25) is 0 Å². The fourth-order valence-corrected chi connectivity index (χ4v) is 2.70. The Balaban J connectivity index is 1.79. The third kappa shape index (κ3) is 3.37. The molecule has 0 saturated carbocycles. The van der Waals surface area contributed by atoms with Crippen LogP contribution in [0.25, 0.3) is 0 Å². The summed E-state index contributed by atoms with van der Waals surface area (Å²) >= 11 is 1.41. The third-order valence-electron chi connectivity index (χ3n) is 3.11. The average Bonchev–Trinajstić information content (AvgIpc) is 3.12. The van der Waals surface area contributed by atoms with Gasteiger partial charge in [0.2, 0.25) is 5.88 Å². The Labute approximate surface area is 125 Å². The molecule has 0 aromatic carbocycles. The summed E-state index contributed by atoms with van der Waals surface area (Å²) in [5.74, 6) is 0.130. The van der Waals surface area contributed by atoms with E-state index in [1.54, 1.807) is 22.9 Å². The van der Waals surface area contributed by atoms with Crippen molar-refractivity contribution in [1.29, 1.82) is 0 Å². The fraction of sp³-hybridized carbons (Fsp3) is 0.357. The summed E-state index contributed by atoms with van der Waals surface area (Å²) < 4.78 is 12.7. The van der Waals surface area contributed by atoms with Crippen LogP contribution in [-0.2, 0) is 11.8 Å². The number of carbonyl (C=O) groups excluding carboxylic acids is 1. The van der Waals surface area contributed by atoms with Gasteiger partial charge in [0.15, 0.2) is 4.80 Å². The molecule has 0 N–H and O–H groups in total. The number of pyridine rings is 1. The second-order valence-electron chi connectivity index (χ2n) is 4.70. The minimum absolute atomic E-state index is 0.00915. The predicted molar refractivity (Wildman–Crippen MR) is 77.3 cm³/mol. The van der Waals surface area contributed by atoms with Crippen molar-refractivity contribution in [2.45, 2.75) is 12.5 Å². The molecule has 6 nitrogen and oxygen atoms in total. The van der Waals surface area contributed by atoms with Gasteiger partial charge in [-0.1, -0.05) is 0 Å². The SMILES string of the molecule is Cn1ccsc1=NC(=O)c1ccnc(OC2CCOC2)c1. The highest BCUT2D eigenvalue weighted by molar-refractivity contribution is 7.07. The molecule has 2 aromatic heterocycles. The Bertz CT molecular complexity index is 701. The van der Waals surface area contributed by atoms with Crippen molar-refractivity contribution >= 4 is 17.2 Å². The van der Waals surface area contributed by atoms with Gasteiger partial charge in [-0.2, -0.15) is 4.99 Å². The van der Waals surface area contributed by atoms with Crippen molar-refractivity contribution in [2.24, 2.45) is 12.0 Å². The zero-order chi connectivity index (χ0) is 14.7. The van der Waals surface area contributed by atoms with Crippen molar-refractivity contribution in [3.8, 4) is 5.88 Å². The summed E-state index contributed by atoms with van der Waals surface area (Å²) in [6.07, 6.45) is 4.27. The fourth-order valence-electron chi connectivity index (χ4n) is 1.97. The summed E-state index contributed by atoms with van der Waals surface area (Å²) in [6, 6.07) is 3.26. The van der Waals surface area contributed by atoms with Crippen LogP contribution in [0, 0.1) is 0 Å². The minimum Gasteiger partial charge on any atom is -0.472 e. The number of aryl methyl sites for hydroxylation is 1. The van der Waals surface area contributed by atoms with Gasteiger partial charge in [0, 0.05) is 42.9 Å². The van der Waals surface area contributed by atoms with Crippen LogP contribution in [-0.4, -0.2) is 34.8 Å². The van der Waals surface area contributed by atoms with Gasteiger partial charge in [0.05, 0.1) is 13.2 Å². The summed E-state index contributed by atoms with van der Waals surface area (Å²) in [6.45, 7) is 1.27. The first kappa shape index (κ1) is 14.0. The van der Waals surface area contributed by atoms with E-state index < -0.39 is 0 Å². The number of carbonyl (C=O) groups is 1. The molecule has 1 fully saturated rings. The van der Waals surface area contributed by atoms with E-state index in [9.17, 15) is 4.79 Å². The number of aromatic nitrogens is 2. The number of amides is 1. The highest BCUT2D eigenvalue weighted by atomic mass is 32.1. The number of rotatable bonds is 3. The van der Waals surface area contributed by atoms with Crippen molar-refractivity contribution in [1.82, 2.24) is 9.55 Å². The second kappa shape index (κ2) is 6.19. The molecule has 7 heteroatoms. The van der Waals surface area contributed by atoms with Crippen molar-refractivity contribution in [2.75, 3.05) is 13.2 Å². The highest BCUT2D eigenvalue weighted by Crippen LogP contribution is 2.16. The van der Waals surface area contributed by atoms with E-state index >= 15 is 0 Å². The largest absolute Gasteiger partial charge is 0.472 e. The number of nitrogens with zero attached hydrogens (tertiary/aromatic N) is 3. The molecule has 0 spiro atoms. The Morgan fingerprint density at radius 2 is 2.52 bits per heavy atom. The first-order valence-electron chi connectivity index (χ1n) is 6.62. The molecule has 0 bridgehead atoms. The van der Waals surface area contributed by atoms with Crippen molar-refractivity contribution in [3.05, 3.63) is 40.3 Å². The molecule has 2 aromatic rings. The quantitative estimate of drug-likeness (QED) is 0.859. The smallest absolute Gasteiger partial charge is 0.279 e. The zero-order valence-electron chi connectivity index (χ0n) is 11.6. The van der Waals surface area contributed by atoms with Crippen molar-refractivity contribution < 1.29 is 14.3 Å². The maximum absolute atomic E-state index is 12.2. The lowest BCUT2D eigenvalue weighted by Gasteiger charge is -2.10. The molecule has 110 valence electrons. The van der Waals surface area contributed by atoms with Crippen LogP contribution in [0.1, 0.15) is 16.8 Å². The van der Waals surface area contributed by atoms with Crippen LogP contribution in [0.5, 0.6) is 5.88 Å². The molecule has 3 heterocycles. The number of thiazole rings is 1. The van der Waals surface area contributed by atoms with Gasteiger partial charge in [0.1, 0.15) is 6.10 Å². The van der Waals surface area contributed by atoms with Gasteiger partial charge < -0.3 is 14.0 Å². The molecular formula is C14H15N3O3S. The Hall–Kier alpha value is -1.99. The lowest BCUT2D eigenvalue weighted by Crippen LogP contribution is -2.17. The van der Waals surface area contributed by atoms with Gasteiger partial charge in [0.25, 0.3) is 5.91 Å². The standard InChI is InChI=1S/C14H15N3O3S/c1-17-5-7-21-14(17)16-13(18)10-2-4-15-12(8-10)20-11-3-6-19-9-11/h2,4-5,7-8,11H,3,6,9H2,1H3. The zero-order valence-corrected chi connectivity index (χ0v) is 12.4. The summed E-state index contributed by atoms with van der Waals surface area (Å²) in [5, 5.41) is 1.88. The molecule has 1 amide bonds. The molecule has 3 rings (SSSR count). The topological polar surface area (TPSA) is 65.7 Å². The van der Waals surface area contributed by atoms with Crippen molar-refractivity contribution in [3.63, 3.8) is 0 Å². The summed E-state index contributed by atoms with van der Waals surface area (Å²) in [7, 11) is 1.85. The van der Waals surface area contributed by atoms with E-state index in [0.29, 0.717) is 29.5 Å². The maximum Gasteiger partial charge on any atom is 0.279 e. The molecular weight excluding hydrogens is 290 g/mol. The Morgan fingerprint density at radius 1 is 1.62 bits per heavy atom. The molecule has 1 unspecified atom stereocenters. The molecule has 1 atom stereocenters. The number of ether oxygens (including phenoxy) is 2. The van der Waals surface area contributed by atoms with E-state index in [-0.39, 0.29) is 12.0 Å². The van der Waals surface area contributed by atoms with Gasteiger partial charge in [-0.05, 0) is 6.07 Å². The highest BCUT2D eigenvalue weighted by Gasteiger charge is 2.18. The minimum atomic E-state index is -0.303. The Kier molecular flexibility index (Phi) is 4.12. The van der Waals surface area contributed by atoms with Gasteiger partial charge in [-0.25, -0.2) is 4.98 Å². The summed E-state index contributed by atoms with van der Waals surface area (Å²) in [4.78, 5) is 21.1. The van der Waals surface area contributed by atoms with E-state index in [1.165, 1.54) is 11.3 Å². The lowest BCUT2D eigenvalue weighted by molar-refractivity contribution is 0.0996. The lowest BCUT2D eigenvalue weighted by atomic mass is 10.2. The van der Waals surface area contributed by atoms with E-state index in [1.807, 2.05) is 18.6 Å². The number of hydrogen-bond acceptors (Lipinski definition) is 5. The van der Waals surface area contributed by atoms with Crippen LogP contribution in [0.15, 0.2) is 34.9 Å². The van der Waals surface area contributed by atoms with Crippen LogP contribution in [0.3, 0.4) is 0 Å². The summed E-state index contributed by atoms with van der Waals surface area (Å²) in [5.41, 5.74) is 0.465. The normalized spacial score (nSPS) is 18.9. The maximum atomic E-state index is 12.2. The second-order valence-corrected chi connectivity index (χ2v) is 5.57.